The second-order valence-corrected chi connectivity index (χ2v) is 2.46. The summed E-state index contributed by atoms with van der Waals surface area (Å²) < 4.78 is 0. The summed E-state index contributed by atoms with van der Waals surface area (Å²) in [6.07, 6.45) is 3.45. The highest BCUT2D eigenvalue weighted by molar-refractivity contribution is 5.65. The van der Waals surface area contributed by atoms with Gasteiger partial charge >= 0.3 is 0 Å². The molecule has 0 bridgehead atoms. The normalized spacial score (nSPS) is 8.79. The predicted molar refractivity (Wildman–Crippen MR) is 53.2 cm³/mol. The maximum Gasteiger partial charge on any atom is 0.143 e. The van der Waals surface area contributed by atoms with E-state index >= 15 is 0 Å². The molecule has 1 aromatic carbocycles. The molecule has 0 fully saturated rings. The van der Waals surface area contributed by atoms with E-state index in [0.29, 0.717) is 11.8 Å². The summed E-state index contributed by atoms with van der Waals surface area (Å²) in [5.41, 5.74) is 1.34. The van der Waals surface area contributed by atoms with Crippen molar-refractivity contribution in [2.45, 2.75) is 0 Å². The van der Waals surface area contributed by atoms with Crippen LogP contribution in [0.4, 0.5) is 0 Å². The Balaban J connectivity index is 2.85. The van der Waals surface area contributed by atoms with Crippen LogP contribution in [0, 0.1) is 23.2 Å². The first-order valence-corrected chi connectivity index (χ1v) is 3.99. The molecule has 0 radical (unpaired) electrons. The third-order valence-electron chi connectivity index (χ3n) is 1.47. The van der Waals surface area contributed by atoms with Crippen molar-refractivity contribution in [3.63, 3.8) is 0 Å². The van der Waals surface area contributed by atoms with Crippen LogP contribution in [0.1, 0.15) is 11.1 Å². The van der Waals surface area contributed by atoms with Crippen molar-refractivity contribution >= 4 is 6.29 Å². The maximum absolute atomic E-state index is 9.92. The van der Waals surface area contributed by atoms with Gasteiger partial charge in [-0.05, 0) is 30.4 Å². The number of rotatable bonds is 1. The lowest BCUT2D eigenvalue weighted by Gasteiger charge is -1.89. The zero-order valence-electron chi connectivity index (χ0n) is 7.40. The highest BCUT2D eigenvalue weighted by atomic mass is 16.1. The molecule has 1 aromatic rings. The molecule has 14 heavy (non-hydrogen) atoms. The topological polar surface area (TPSA) is 40.9 Å². The average molecular weight is 181 g/mol. The summed E-state index contributed by atoms with van der Waals surface area (Å²) in [5.74, 6) is 5.49. The molecule has 0 heterocycles. The smallest absolute Gasteiger partial charge is 0.143 e. The summed E-state index contributed by atoms with van der Waals surface area (Å²) in [7, 11) is 0. The molecule has 0 N–H and O–H groups in total. The Hall–Kier alpha value is -2.32. The molecule has 0 aliphatic carbocycles. The number of hydrogen-bond acceptors (Lipinski definition) is 2. The van der Waals surface area contributed by atoms with Crippen LogP contribution in [0.3, 0.4) is 0 Å². The van der Waals surface area contributed by atoms with Gasteiger partial charge in [0.05, 0.1) is 11.6 Å². The van der Waals surface area contributed by atoms with Gasteiger partial charge in [-0.25, -0.2) is 0 Å². The van der Waals surface area contributed by atoms with Gasteiger partial charge in [-0.3, -0.25) is 4.79 Å². The lowest BCUT2D eigenvalue weighted by atomic mass is 10.1. The SMILES string of the molecule is N#Cc1cccc(C#C/C=C/C=O)c1. The van der Waals surface area contributed by atoms with E-state index in [-0.39, 0.29) is 0 Å². The van der Waals surface area contributed by atoms with Crippen LogP contribution < -0.4 is 0 Å². The third kappa shape index (κ3) is 2.97. The Kier molecular flexibility index (Phi) is 3.73. The Morgan fingerprint density at radius 3 is 2.79 bits per heavy atom. The number of hydrogen-bond donors (Lipinski definition) is 0. The fraction of sp³-hybridized carbons (Fsp3) is 0. The number of benzene rings is 1. The van der Waals surface area contributed by atoms with E-state index in [1.807, 2.05) is 12.1 Å². The van der Waals surface area contributed by atoms with Crippen LogP contribution in [0.5, 0.6) is 0 Å². The van der Waals surface area contributed by atoms with E-state index in [2.05, 4.69) is 11.8 Å². The van der Waals surface area contributed by atoms with Gasteiger partial charge in [-0.2, -0.15) is 5.26 Å². The number of nitrogens with zero attached hydrogens (tertiary/aromatic N) is 1. The van der Waals surface area contributed by atoms with Gasteiger partial charge in [0.2, 0.25) is 0 Å². The lowest BCUT2D eigenvalue weighted by Crippen LogP contribution is -1.76. The van der Waals surface area contributed by atoms with E-state index in [4.69, 9.17) is 5.26 Å². The van der Waals surface area contributed by atoms with Crippen molar-refractivity contribution in [1.29, 1.82) is 5.26 Å². The van der Waals surface area contributed by atoms with Gasteiger partial charge in [0.25, 0.3) is 0 Å². The first-order valence-electron chi connectivity index (χ1n) is 3.99. The van der Waals surface area contributed by atoms with E-state index < -0.39 is 0 Å². The Morgan fingerprint density at radius 2 is 2.07 bits per heavy atom. The molecule has 0 aromatic heterocycles. The third-order valence-corrected chi connectivity index (χ3v) is 1.47. The van der Waals surface area contributed by atoms with E-state index in [1.165, 1.54) is 12.2 Å². The molecule has 66 valence electrons. The zero-order chi connectivity index (χ0) is 10.2. The standard InChI is InChI=1S/C12H7NO/c13-10-12-7-4-6-11(9-12)5-2-1-3-8-14/h1,3-4,6-9H/b3-1+. The van der Waals surface area contributed by atoms with Gasteiger partial charge < -0.3 is 0 Å². The minimum atomic E-state index is 0.580. The first kappa shape index (κ1) is 9.77. The van der Waals surface area contributed by atoms with E-state index in [1.54, 1.807) is 18.2 Å². The maximum atomic E-state index is 9.92. The Bertz CT molecular complexity index is 455. The van der Waals surface area contributed by atoms with Crippen LogP contribution in [-0.2, 0) is 4.79 Å². The van der Waals surface area contributed by atoms with Crippen LogP contribution >= 0.6 is 0 Å². The average Bonchev–Trinajstić information content (AvgIpc) is 2.25. The molecular weight excluding hydrogens is 174 g/mol. The molecule has 2 nitrogen and oxygen atoms in total. The number of aldehydes is 1. The monoisotopic (exact) mass is 181 g/mol. The summed E-state index contributed by atoms with van der Waals surface area (Å²) in [4.78, 5) is 9.92. The van der Waals surface area contributed by atoms with Crippen molar-refractivity contribution < 1.29 is 4.79 Å². The van der Waals surface area contributed by atoms with Crippen LogP contribution in [0.2, 0.25) is 0 Å². The van der Waals surface area contributed by atoms with Gasteiger partial charge in [0, 0.05) is 5.56 Å². The lowest BCUT2D eigenvalue weighted by molar-refractivity contribution is -0.104. The Labute approximate surface area is 82.5 Å². The number of allylic oxidation sites excluding steroid dienone is 2. The van der Waals surface area contributed by atoms with E-state index in [0.717, 1.165) is 5.56 Å². The summed E-state index contributed by atoms with van der Waals surface area (Å²) in [5, 5.41) is 8.61. The quantitative estimate of drug-likeness (QED) is 0.375. The molecule has 0 aliphatic heterocycles. The Morgan fingerprint density at radius 1 is 1.29 bits per heavy atom. The number of nitriles is 1. The van der Waals surface area contributed by atoms with Crippen molar-refractivity contribution in [2.24, 2.45) is 0 Å². The fourth-order valence-electron chi connectivity index (χ4n) is 0.879. The van der Waals surface area contributed by atoms with Crippen molar-refractivity contribution in [1.82, 2.24) is 0 Å². The van der Waals surface area contributed by atoms with E-state index in [9.17, 15) is 4.79 Å². The van der Waals surface area contributed by atoms with Gasteiger partial charge in [0.15, 0.2) is 0 Å². The van der Waals surface area contributed by atoms with Crippen LogP contribution in [0.15, 0.2) is 36.4 Å². The zero-order valence-corrected chi connectivity index (χ0v) is 7.40. The molecular formula is C12H7NO. The van der Waals surface area contributed by atoms with Gasteiger partial charge in [-0.1, -0.05) is 17.9 Å². The minimum Gasteiger partial charge on any atom is -0.299 e. The van der Waals surface area contributed by atoms with Crippen molar-refractivity contribution in [3.05, 3.63) is 47.5 Å². The second-order valence-electron chi connectivity index (χ2n) is 2.46. The molecule has 0 saturated heterocycles. The molecule has 0 amide bonds. The predicted octanol–water partition coefficient (Wildman–Crippen LogP) is 1.66. The van der Waals surface area contributed by atoms with Gasteiger partial charge in [0.1, 0.15) is 6.29 Å². The molecule has 0 saturated carbocycles. The van der Waals surface area contributed by atoms with Crippen LogP contribution in [0.25, 0.3) is 0 Å². The summed E-state index contributed by atoms with van der Waals surface area (Å²) in [6.45, 7) is 0. The molecule has 0 atom stereocenters. The molecule has 2 heteroatoms. The molecule has 1 rings (SSSR count). The molecule has 0 aliphatic rings. The summed E-state index contributed by atoms with van der Waals surface area (Å²) in [6, 6.07) is 9.02. The molecule has 0 unspecified atom stereocenters. The van der Waals surface area contributed by atoms with Crippen molar-refractivity contribution in [3.8, 4) is 17.9 Å². The van der Waals surface area contributed by atoms with Crippen molar-refractivity contribution in [2.75, 3.05) is 0 Å². The summed E-state index contributed by atoms with van der Waals surface area (Å²) >= 11 is 0. The number of carbonyl (C=O) groups is 1. The molecule has 0 spiro atoms. The second kappa shape index (κ2) is 5.35. The largest absolute Gasteiger partial charge is 0.299 e. The number of carbonyl (C=O) groups excluding carboxylic acids is 1. The minimum absolute atomic E-state index is 0.580. The van der Waals surface area contributed by atoms with Gasteiger partial charge in [-0.15, -0.1) is 0 Å². The highest BCUT2D eigenvalue weighted by Gasteiger charge is 1.89. The fourth-order valence-corrected chi connectivity index (χ4v) is 0.879. The highest BCUT2D eigenvalue weighted by Crippen LogP contribution is 2.01. The first-order chi connectivity index (χ1) is 6.86. The van der Waals surface area contributed by atoms with Crippen LogP contribution in [-0.4, -0.2) is 6.29 Å².